The molecule has 0 fully saturated rings. The van der Waals surface area contributed by atoms with Gasteiger partial charge in [0, 0.05) is 10.7 Å². The van der Waals surface area contributed by atoms with E-state index in [0.717, 1.165) is 5.56 Å². The average molecular weight is 432 g/mol. The summed E-state index contributed by atoms with van der Waals surface area (Å²) >= 11 is 9.52. The number of fused-ring (bicyclic) bond motifs is 1. The summed E-state index contributed by atoms with van der Waals surface area (Å²) in [5.74, 6) is 0.118. The zero-order chi connectivity index (χ0) is 17.3. The number of halogens is 2. The van der Waals surface area contributed by atoms with E-state index in [1.165, 1.54) is 6.20 Å². The number of nitrogens with one attached hydrogen (secondary N) is 2. The Bertz CT molecular complexity index is 929. The molecule has 0 radical (unpaired) electrons. The third kappa shape index (κ3) is 3.77. The van der Waals surface area contributed by atoms with Crippen LogP contribution in [0.2, 0.25) is 5.02 Å². The van der Waals surface area contributed by atoms with Crippen molar-refractivity contribution in [3.63, 3.8) is 0 Å². The van der Waals surface area contributed by atoms with Crippen LogP contribution in [0.25, 0.3) is 10.9 Å². The molecule has 0 aliphatic heterocycles. The summed E-state index contributed by atoms with van der Waals surface area (Å²) < 4.78 is 22.7. The van der Waals surface area contributed by atoms with Crippen LogP contribution in [0.1, 0.15) is 5.56 Å². The standard InChI is InChI=1S/C15H13BrClN2O4P/c1-9-2-4-10(5-3-9)19-23-24(20,21)22-13-8-18-12-7-6-11(16)15(17)14(12)13/h2-8,18-19H,1H3,(H,20,21). The van der Waals surface area contributed by atoms with Gasteiger partial charge in [0.2, 0.25) is 0 Å². The van der Waals surface area contributed by atoms with E-state index in [4.69, 9.17) is 20.7 Å². The highest BCUT2D eigenvalue weighted by molar-refractivity contribution is 9.10. The number of hydrogen-bond donors (Lipinski definition) is 3. The maximum Gasteiger partial charge on any atom is 0.549 e. The number of rotatable bonds is 5. The molecule has 3 rings (SSSR count). The van der Waals surface area contributed by atoms with Crippen molar-refractivity contribution in [1.29, 1.82) is 0 Å². The number of aromatic amines is 1. The lowest BCUT2D eigenvalue weighted by atomic mass is 10.2. The molecule has 6 nitrogen and oxygen atoms in total. The number of aryl methyl sites for hydroxylation is 1. The van der Waals surface area contributed by atoms with E-state index >= 15 is 0 Å². The predicted molar refractivity (Wildman–Crippen MR) is 97.3 cm³/mol. The normalized spacial score (nSPS) is 13.7. The number of benzene rings is 2. The lowest BCUT2D eigenvalue weighted by Gasteiger charge is -2.13. The van der Waals surface area contributed by atoms with E-state index in [2.05, 4.69) is 26.4 Å². The van der Waals surface area contributed by atoms with Gasteiger partial charge in [0.15, 0.2) is 5.75 Å². The fourth-order valence-electron chi connectivity index (χ4n) is 2.07. The van der Waals surface area contributed by atoms with Crippen LogP contribution in [0.3, 0.4) is 0 Å². The first-order chi connectivity index (χ1) is 11.4. The van der Waals surface area contributed by atoms with Crippen LogP contribution in [0.4, 0.5) is 5.69 Å². The largest absolute Gasteiger partial charge is 0.549 e. The number of phosphoric acid groups is 1. The van der Waals surface area contributed by atoms with Crippen molar-refractivity contribution in [2.45, 2.75) is 6.92 Å². The van der Waals surface area contributed by atoms with Crippen molar-refractivity contribution >= 4 is 51.9 Å². The van der Waals surface area contributed by atoms with Gasteiger partial charge in [-0.1, -0.05) is 29.3 Å². The van der Waals surface area contributed by atoms with Gasteiger partial charge in [0.25, 0.3) is 0 Å². The van der Waals surface area contributed by atoms with Crippen molar-refractivity contribution in [3.8, 4) is 5.75 Å². The Morgan fingerprint density at radius 2 is 1.96 bits per heavy atom. The smallest absolute Gasteiger partial charge is 0.401 e. The molecule has 0 bridgehead atoms. The number of anilines is 1. The third-order valence-electron chi connectivity index (χ3n) is 3.24. The van der Waals surface area contributed by atoms with Crippen LogP contribution >= 0.6 is 35.4 Å². The molecule has 0 aliphatic carbocycles. The molecule has 0 spiro atoms. The molecule has 1 aromatic heterocycles. The topological polar surface area (TPSA) is 83.6 Å². The summed E-state index contributed by atoms with van der Waals surface area (Å²) in [5, 5.41) is 0.856. The molecule has 1 heterocycles. The lowest BCUT2D eigenvalue weighted by molar-refractivity contribution is 0.241. The molecular weight excluding hydrogens is 419 g/mol. The van der Waals surface area contributed by atoms with Gasteiger partial charge in [-0.15, -0.1) is 0 Å². The first kappa shape index (κ1) is 17.3. The van der Waals surface area contributed by atoms with Crippen molar-refractivity contribution < 1.29 is 18.6 Å². The molecular formula is C15H13BrClN2O4P. The predicted octanol–water partition coefficient (Wildman–Crippen LogP) is 5.42. The van der Waals surface area contributed by atoms with Gasteiger partial charge in [0.05, 0.1) is 21.6 Å². The molecule has 9 heteroatoms. The minimum Gasteiger partial charge on any atom is -0.401 e. The summed E-state index contributed by atoms with van der Waals surface area (Å²) in [6, 6.07) is 10.6. The fraction of sp³-hybridized carbons (Fsp3) is 0.0667. The van der Waals surface area contributed by atoms with E-state index in [1.807, 2.05) is 19.1 Å². The Kier molecular flexibility index (Phi) is 4.90. The number of hydrogen-bond acceptors (Lipinski definition) is 4. The van der Waals surface area contributed by atoms with E-state index in [-0.39, 0.29) is 5.75 Å². The molecule has 3 aromatic rings. The Hall–Kier alpha value is -1.50. The van der Waals surface area contributed by atoms with Crippen LogP contribution in [0, 0.1) is 6.92 Å². The number of aromatic nitrogens is 1. The zero-order valence-electron chi connectivity index (χ0n) is 12.4. The minimum absolute atomic E-state index is 0.118. The maximum atomic E-state index is 12.1. The van der Waals surface area contributed by atoms with E-state index in [9.17, 15) is 9.46 Å². The maximum absolute atomic E-state index is 12.1. The van der Waals surface area contributed by atoms with Crippen LogP contribution < -0.4 is 10.0 Å². The summed E-state index contributed by atoms with van der Waals surface area (Å²) in [6.45, 7) is 1.93. The Morgan fingerprint density at radius 1 is 1.25 bits per heavy atom. The highest BCUT2D eigenvalue weighted by atomic mass is 79.9. The van der Waals surface area contributed by atoms with Gasteiger partial charge in [-0.25, -0.2) is 4.57 Å². The summed E-state index contributed by atoms with van der Waals surface area (Å²) in [4.78, 5) is 12.8. The van der Waals surface area contributed by atoms with Gasteiger partial charge in [-0.3, -0.25) is 10.4 Å². The lowest BCUT2D eigenvalue weighted by Crippen LogP contribution is -2.03. The molecule has 0 saturated heterocycles. The molecule has 3 N–H and O–H groups in total. The van der Waals surface area contributed by atoms with Gasteiger partial charge in [0.1, 0.15) is 0 Å². The van der Waals surface area contributed by atoms with Crippen molar-refractivity contribution in [2.24, 2.45) is 0 Å². The summed E-state index contributed by atoms with van der Waals surface area (Å²) in [6.07, 6.45) is 1.45. The van der Waals surface area contributed by atoms with Gasteiger partial charge < -0.3 is 9.51 Å². The van der Waals surface area contributed by atoms with Crippen LogP contribution in [0.15, 0.2) is 47.1 Å². The number of H-pyrrole nitrogens is 1. The molecule has 0 aliphatic rings. The fourth-order valence-corrected chi connectivity index (χ4v) is 3.31. The molecule has 0 amide bonds. The first-order valence-corrected chi connectivity index (χ1v) is 9.51. The highest BCUT2D eigenvalue weighted by Crippen LogP contribution is 2.47. The van der Waals surface area contributed by atoms with Gasteiger partial charge >= 0.3 is 7.82 Å². The number of phosphoric ester groups is 1. The van der Waals surface area contributed by atoms with Crippen LogP contribution in [0.5, 0.6) is 5.75 Å². The Morgan fingerprint density at radius 3 is 2.67 bits per heavy atom. The molecule has 0 saturated carbocycles. The van der Waals surface area contributed by atoms with Crippen molar-refractivity contribution in [1.82, 2.24) is 4.98 Å². The van der Waals surface area contributed by atoms with Gasteiger partial charge in [-0.2, -0.15) is 4.62 Å². The van der Waals surface area contributed by atoms with E-state index < -0.39 is 7.82 Å². The molecule has 1 unspecified atom stereocenters. The zero-order valence-corrected chi connectivity index (χ0v) is 15.7. The summed E-state index contributed by atoms with van der Waals surface area (Å²) in [7, 11) is -4.40. The SMILES string of the molecule is Cc1ccc(NOP(=O)(O)Oc2c[nH]c3ccc(Br)c(Cl)c23)cc1. The minimum atomic E-state index is -4.40. The molecule has 1 atom stereocenters. The first-order valence-electron chi connectivity index (χ1n) is 6.84. The van der Waals surface area contributed by atoms with Crippen molar-refractivity contribution in [3.05, 3.63) is 57.7 Å². The second-order valence-corrected chi connectivity index (χ2v) is 7.59. The quantitative estimate of drug-likeness (QED) is 0.371. The van der Waals surface area contributed by atoms with E-state index in [0.29, 0.717) is 26.1 Å². The molecule has 24 heavy (non-hydrogen) atoms. The Balaban J connectivity index is 1.78. The summed E-state index contributed by atoms with van der Waals surface area (Å²) in [5.41, 5.74) is 4.66. The van der Waals surface area contributed by atoms with Crippen molar-refractivity contribution in [2.75, 3.05) is 5.48 Å². The Labute approximate surface area is 151 Å². The molecule has 2 aromatic carbocycles. The highest BCUT2D eigenvalue weighted by Gasteiger charge is 2.26. The van der Waals surface area contributed by atoms with E-state index in [1.54, 1.807) is 24.3 Å². The van der Waals surface area contributed by atoms with Crippen LogP contribution in [-0.4, -0.2) is 9.88 Å². The van der Waals surface area contributed by atoms with Gasteiger partial charge in [-0.05, 0) is 47.1 Å². The second-order valence-electron chi connectivity index (χ2n) is 5.06. The second kappa shape index (κ2) is 6.78. The van der Waals surface area contributed by atoms with Crippen LogP contribution in [-0.2, 0) is 9.19 Å². The monoisotopic (exact) mass is 430 g/mol. The molecule has 126 valence electrons. The average Bonchev–Trinajstić information content (AvgIpc) is 2.93. The third-order valence-corrected chi connectivity index (χ3v) is 5.28.